The number of ketones is 1. The highest BCUT2D eigenvalue weighted by Crippen LogP contribution is 2.38. The van der Waals surface area contributed by atoms with E-state index in [2.05, 4.69) is 0 Å². The maximum atomic E-state index is 11.8. The van der Waals surface area contributed by atoms with Crippen LogP contribution < -0.4 is 4.74 Å². The lowest BCUT2D eigenvalue weighted by molar-refractivity contribution is -0.117. The Morgan fingerprint density at radius 2 is 2.12 bits per heavy atom. The molecule has 82 valence electrons. The minimum atomic E-state index is -0.254. The standard InChI is InChI=1S/C13H12O3/c14-9-5-3-7-11-12(9)13(15)8-4-1-2-6-10(8)16-11/h1-2,4,6,11,15H,3,5,7H2. The van der Waals surface area contributed by atoms with Gasteiger partial charge >= 0.3 is 0 Å². The van der Waals surface area contributed by atoms with Crippen LogP contribution in [0.15, 0.2) is 29.8 Å². The topological polar surface area (TPSA) is 46.5 Å². The molecule has 1 aromatic rings. The summed E-state index contributed by atoms with van der Waals surface area (Å²) in [6.07, 6.45) is 1.90. The van der Waals surface area contributed by atoms with Gasteiger partial charge in [0.1, 0.15) is 17.6 Å². The lowest BCUT2D eigenvalue weighted by Gasteiger charge is -2.31. The number of ether oxygens (including phenoxy) is 1. The molecular formula is C13H12O3. The van der Waals surface area contributed by atoms with E-state index in [-0.39, 0.29) is 17.6 Å². The van der Waals surface area contributed by atoms with E-state index < -0.39 is 0 Å². The number of aliphatic hydroxyl groups is 1. The predicted molar refractivity (Wildman–Crippen MR) is 59.3 cm³/mol. The van der Waals surface area contributed by atoms with E-state index in [0.29, 0.717) is 23.3 Å². The fraction of sp³-hybridized carbons (Fsp3) is 0.308. The van der Waals surface area contributed by atoms with Crippen LogP contribution in [-0.4, -0.2) is 17.0 Å². The first-order chi connectivity index (χ1) is 7.77. The minimum absolute atomic E-state index is 0.0169. The van der Waals surface area contributed by atoms with Crippen molar-refractivity contribution in [3.63, 3.8) is 0 Å². The summed E-state index contributed by atoms with van der Waals surface area (Å²) in [7, 11) is 0. The molecule has 1 fully saturated rings. The van der Waals surface area contributed by atoms with Crippen LogP contribution in [0.25, 0.3) is 5.76 Å². The minimum Gasteiger partial charge on any atom is -0.507 e. The molecule has 0 spiro atoms. The van der Waals surface area contributed by atoms with Gasteiger partial charge in [-0.2, -0.15) is 0 Å². The van der Waals surface area contributed by atoms with Gasteiger partial charge in [-0.25, -0.2) is 0 Å². The second-order valence-electron chi connectivity index (χ2n) is 4.18. The van der Waals surface area contributed by atoms with Gasteiger partial charge in [0.05, 0.1) is 11.1 Å². The zero-order valence-electron chi connectivity index (χ0n) is 8.77. The van der Waals surface area contributed by atoms with Gasteiger partial charge in [-0.05, 0) is 25.0 Å². The molecule has 1 aromatic carbocycles. The van der Waals surface area contributed by atoms with Crippen LogP contribution in [0.5, 0.6) is 5.75 Å². The summed E-state index contributed by atoms with van der Waals surface area (Å²) in [6, 6.07) is 7.28. The van der Waals surface area contributed by atoms with Crippen molar-refractivity contribution in [2.75, 3.05) is 0 Å². The average Bonchev–Trinajstić information content (AvgIpc) is 2.29. The van der Waals surface area contributed by atoms with Crippen molar-refractivity contribution in [3.8, 4) is 5.75 Å². The average molecular weight is 216 g/mol. The van der Waals surface area contributed by atoms with Crippen molar-refractivity contribution in [1.82, 2.24) is 0 Å². The van der Waals surface area contributed by atoms with Crippen LogP contribution in [0.2, 0.25) is 0 Å². The Labute approximate surface area is 93.4 Å². The fourth-order valence-electron chi connectivity index (χ4n) is 2.37. The summed E-state index contributed by atoms with van der Waals surface area (Å²) in [6.45, 7) is 0. The SMILES string of the molecule is O=C1CCCC2Oc3ccccc3C(O)=C12. The molecule has 0 aromatic heterocycles. The second kappa shape index (κ2) is 3.37. The van der Waals surface area contributed by atoms with Crippen LogP contribution in [0.4, 0.5) is 0 Å². The Balaban J connectivity index is 2.18. The van der Waals surface area contributed by atoms with E-state index in [4.69, 9.17) is 4.74 Å². The normalized spacial score (nSPS) is 23.5. The Kier molecular flexibility index (Phi) is 1.99. The molecule has 1 saturated carbocycles. The quantitative estimate of drug-likeness (QED) is 0.724. The molecule has 0 amide bonds. The first-order valence-electron chi connectivity index (χ1n) is 5.50. The number of hydrogen-bond donors (Lipinski definition) is 1. The summed E-state index contributed by atoms with van der Waals surface area (Å²) in [5, 5.41) is 10.1. The van der Waals surface area contributed by atoms with Gasteiger partial charge in [-0.15, -0.1) is 0 Å². The van der Waals surface area contributed by atoms with Gasteiger partial charge < -0.3 is 9.84 Å². The molecule has 1 aliphatic heterocycles. The third-order valence-corrected chi connectivity index (χ3v) is 3.16. The van der Waals surface area contributed by atoms with Crippen molar-refractivity contribution in [2.45, 2.75) is 25.4 Å². The van der Waals surface area contributed by atoms with Gasteiger partial charge in [0, 0.05) is 6.42 Å². The highest BCUT2D eigenvalue weighted by atomic mass is 16.5. The molecule has 16 heavy (non-hydrogen) atoms. The van der Waals surface area contributed by atoms with Crippen molar-refractivity contribution in [3.05, 3.63) is 35.4 Å². The molecule has 0 radical (unpaired) electrons. The van der Waals surface area contributed by atoms with Crippen molar-refractivity contribution < 1.29 is 14.6 Å². The van der Waals surface area contributed by atoms with Crippen LogP contribution in [0.3, 0.4) is 0 Å². The van der Waals surface area contributed by atoms with E-state index in [1.807, 2.05) is 18.2 Å². The molecule has 3 rings (SSSR count). The zero-order valence-corrected chi connectivity index (χ0v) is 8.77. The predicted octanol–water partition coefficient (Wildman–Crippen LogP) is 2.47. The van der Waals surface area contributed by atoms with E-state index in [0.717, 1.165) is 12.8 Å². The summed E-state index contributed by atoms with van der Waals surface area (Å²) in [5.41, 5.74) is 1.09. The Morgan fingerprint density at radius 3 is 3.00 bits per heavy atom. The Bertz CT molecular complexity index is 488. The van der Waals surface area contributed by atoms with E-state index in [1.165, 1.54) is 0 Å². The largest absolute Gasteiger partial charge is 0.507 e. The first kappa shape index (κ1) is 9.46. The lowest BCUT2D eigenvalue weighted by Crippen LogP contribution is -2.32. The molecule has 1 unspecified atom stereocenters. The number of Topliss-reactive ketones (excluding diaryl/α,β-unsaturated/α-hetero) is 1. The van der Waals surface area contributed by atoms with Gasteiger partial charge in [0.15, 0.2) is 5.78 Å². The molecule has 1 N–H and O–H groups in total. The number of para-hydroxylation sites is 1. The summed E-state index contributed by atoms with van der Waals surface area (Å²) in [5.74, 6) is 0.795. The zero-order chi connectivity index (χ0) is 11.1. The molecule has 2 aliphatic rings. The van der Waals surface area contributed by atoms with Gasteiger partial charge in [-0.3, -0.25) is 4.79 Å². The maximum absolute atomic E-state index is 11.8. The second-order valence-corrected chi connectivity index (χ2v) is 4.18. The van der Waals surface area contributed by atoms with Crippen LogP contribution >= 0.6 is 0 Å². The number of rotatable bonds is 0. The number of benzene rings is 1. The highest BCUT2D eigenvalue weighted by Gasteiger charge is 2.35. The molecule has 1 atom stereocenters. The molecule has 3 nitrogen and oxygen atoms in total. The molecule has 3 heteroatoms. The third-order valence-electron chi connectivity index (χ3n) is 3.16. The van der Waals surface area contributed by atoms with E-state index >= 15 is 0 Å². The molecule has 1 aliphatic carbocycles. The number of carbonyl (C=O) groups excluding carboxylic acids is 1. The lowest BCUT2D eigenvalue weighted by atomic mass is 9.86. The van der Waals surface area contributed by atoms with Crippen molar-refractivity contribution in [1.29, 1.82) is 0 Å². The van der Waals surface area contributed by atoms with Crippen molar-refractivity contribution >= 4 is 11.5 Å². The number of carbonyl (C=O) groups is 1. The molecule has 0 bridgehead atoms. The van der Waals surface area contributed by atoms with Crippen LogP contribution in [0.1, 0.15) is 24.8 Å². The van der Waals surface area contributed by atoms with Gasteiger partial charge in [0.2, 0.25) is 0 Å². The third kappa shape index (κ3) is 1.24. The van der Waals surface area contributed by atoms with Gasteiger partial charge in [-0.1, -0.05) is 12.1 Å². The Hall–Kier alpha value is -1.77. The summed E-state index contributed by atoms with van der Waals surface area (Å²) < 4.78 is 5.74. The maximum Gasteiger partial charge on any atom is 0.166 e. The summed E-state index contributed by atoms with van der Waals surface area (Å²) >= 11 is 0. The van der Waals surface area contributed by atoms with Crippen LogP contribution in [0, 0.1) is 0 Å². The number of aliphatic hydroxyl groups excluding tert-OH is 1. The number of fused-ring (bicyclic) bond motifs is 2. The highest BCUT2D eigenvalue weighted by molar-refractivity contribution is 6.04. The molecular weight excluding hydrogens is 204 g/mol. The number of hydrogen-bond acceptors (Lipinski definition) is 3. The smallest absolute Gasteiger partial charge is 0.166 e. The summed E-state index contributed by atoms with van der Waals surface area (Å²) in [4.78, 5) is 11.8. The fourth-order valence-corrected chi connectivity index (χ4v) is 2.37. The van der Waals surface area contributed by atoms with Crippen molar-refractivity contribution in [2.24, 2.45) is 0 Å². The van der Waals surface area contributed by atoms with Crippen LogP contribution in [-0.2, 0) is 4.79 Å². The Morgan fingerprint density at radius 1 is 1.31 bits per heavy atom. The molecule has 1 heterocycles. The van der Waals surface area contributed by atoms with E-state index in [1.54, 1.807) is 6.07 Å². The first-order valence-corrected chi connectivity index (χ1v) is 5.50. The molecule has 0 saturated heterocycles. The van der Waals surface area contributed by atoms with Gasteiger partial charge in [0.25, 0.3) is 0 Å². The monoisotopic (exact) mass is 216 g/mol. The van der Waals surface area contributed by atoms with E-state index in [9.17, 15) is 9.90 Å².